The summed E-state index contributed by atoms with van der Waals surface area (Å²) in [6.45, 7) is 0.0245. The topological polar surface area (TPSA) is 72.6 Å². The second kappa shape index (κ2) is 5.58. The van der Waals surface area contributed by atoms with Crippen molar-refractivity contribution in [2.75, 3.05) is 6.61 Å². The number of hydrogen-bond donors (Lipinski definition) is 2. The summed E-state index contributed by atoms with van der Waals surface area (Å²) in [5, 5.41) is 8.77. The number of nitrogens with two attached hydrogens (primary N) is 1. The van der Waals surface area contributed by atoms with Crippen molar-refractivity contribution in [1.82, 2.24) is 0 Å². The lowest BCUT2D eigenvalue weighted by atomic mass is 10.1. The predicted octanol–water partition coefficient (Wildman–Crippen LogP) is 0.650. The standard InChI is InChI=1S/C10H12ClNO3/c11-9(13)6-15-8-3-1-7(2-4-8)5-10(12)14/h1-4,9,13H,5-6H2,(H2,12,14). The summed E-state index contributed by atoms with van der Waals surface area (Å²) in [5.41, 5.74) is 4.84. The molecular weight excluding hydrogens is 218 g/mol. The van der Waals surface area contributed by atoms with Crippen molar-refractivity contribution >= 4 is 17.5 Å². The number of amides is 1. The maximum Gasteiger partial charge on any atom is 0.221 e. The number of carbonyl (C=O) groups excluding carboxylic acids is 1. The fraction of sp³-hybridized carbons (Fsp3) is 0.300. The van der Waals surface area contributed by atoms with Crippen LogP contribution in [0.25, 0.3) is 0 Å². The predicted molar refractivity (Wildman–Crippen MR) is 56.7 cm³/mol. The monoisotopic (exact) mass is 229 g/mol. The van der Waals surface area contributed by atoms with E-state index in [4.69, 9.17) is 27.2 Å². The summed E-state index contributed by atoms with van der Waals surface area (Å²) < 4.78 is 5.13. The van der Waals surface area contributed by atoms with Crippen LogP contribution in [-0.4, -0.2) is 23.2 Å². The third-order valence-corrected chi connectivity index (χ3v) is 1.82. The van der Waals surface area contributed by atoms with E-state index in [2.05, 4.69) is 0 Å². The van der Waals surface area contributed by atoms with E-state index in [0.717, 1.165) is 5.56 Å². The number of primary amides is 1. The maximum absolute atomic E-state index is 10.6. The van der Waals surface area contributed by atoms with Crippen molar-refractivity contribution in [2.24, 2.45) is 5.73 Å². The van der Waals surface area contributed by atoms with Crippen LogP contribution in [0.2, 0.25) is 0 Å². The SMILES string of the molecule is NC(=O)Cc1ccc(OCC(O)Cl)cc1. The minimum atomic E-state index is -1.02. The molecule has 0 aromatic heterocycles. The first-order valence-electron chi connectivity index (χ1n) is 4.40. The van der Waals surface area contributed by atoms with Crippen molar-refractivity contribution in [3.8, 4) is 5.75 Å². The Morgan fingerprint density at radius 2 is 2.07 bits per heavy atom. The average Bonchev–Trinajstić information content (AvgIpc) is 2.16. The third kappa shape index (κ3) is 4.67. The van der Waals surface area contributed by atoms with Gasteiger partial charge in [0.2, 0.25) is 5.91 Å². The molecule has 1 atom stereocenters. The lowest BCUT2D eigenvalue weighted by molar-refractivity contribution is -0.117. The van der Waals surface area contributed by atoms with Crippen molar-refractivity contribution in [3.63, 3.8) is 0 Å². The zero-order valence-corrected chi connectivity index (χ0v) is 8.78. The number of hydrogen-bond acceptors (Lipinski definition) is 3. The molecule has 0 fully saturated rings. The number of aliphatic hydroxyl groups is 1. The molecule has 1 amide bonds. The van der Waals surface area contributed by atoms with Crippen LogP contribution in [-0.2, 0) is 11.2 Å². The van der Waals surface area contributed by atoms with E-state index in [1.165, 1.54) is 0 Å². The maximum atomic E-state index is 10.6. The van der Waals surface area contributed by atoms with Gasteiger partial charge in [0.05, 0.1) is 6.42 Å². The number of benzene rings is 1. The van der Waals surface area contributed by atoms with Gasteiger partial charge in [0.1, 0.15) is 12.4 Å². The van der Waals surface area contributed by atoms with Gasteiger partial charge in [0.15, 0.2) is 5.56 Å². The van der Waals surface area contributed by atoms with Gasteiger partial charge >= 0.3 is 0 Å². The van der Waals surface area contributed by atoms with Gasteiger partial charge in [-0.2, -0.15) is 0 Å². The number of aliphatic hydroxyl groups excluding tert-OH is 1. The molecule has 0 bridgehead atoms. The number of rotatable bonds is 5. The van der Waals surface area contributed by atoms with E-state index < -0.39 is 5.56 Å². The summed E-state index contributed by atoms with van der Waals surface area (Å²) in [5.74, 6) is 0.211. The molecule has 1 rings (SSSR count). The summed E-state index contributed by atoms with van der Waals surface area (Å²) in [7, 11) is 0. The first-order chi connectivity index (χ1) is 7.08. The van der Waals surface area contributed by atoms with Gasteiger partial charge in [-0.25, -0.2) is 0 Å². The van der Waals surface area contributed by atoms with Crippen molar-refractivity contribution in [3.05, 3.63) is 29.8 Å². The number of halogens is 1. The van der Waals surface area contributed by atoms with Crippen LogP contribution < -0.4 is 10.5 Å². The van der Waals surface area contributed by atoms with E-state index in [-0.39, 0.29) is 18.9 Å². The Morgan fingerprint density at radius 1 is 1.47 bits per heavy atom. The second-order valence-electron chi connectivity index (χ2n) is 3.03. The fourth-order valence-corrected chi connectivity index (χ4v) is 1.13. The van der Waals surface area contributed by atoms with Crippen LogP contribution in [0.5, 0.6) is 5.75 Å². The molecule has 15 heavy (non-hydrogen) atoms. The summed E-state index contributed by atoms with van der Waals surface area (Å²) in [4.78, 5) is 10.6. The lowest BCUT2D eigenvalue weighted by Gasteiger charge is -2.07. The molecule has 82 valence electrons. The number of alkyl halides is 1. The first kappa shape index (κ1) is 11.8. The Balaban J connectivity index is 2.52. The quantitative estimate of drug-likeness (QED) is 0.729. The Kier molecular flexibility index (Phi) is 4.39. The van der Waals surface area contributed by atoms with Crippen molar-refractivity contribution in [2.45, 2.75) is 12.0 Å². The van der Waals surface area contributed by atoms with E-state index in [1.807, 2.05) is 0 Å². The third-order valence-electron chi connectivity index (χ3n) is 1.69. The largest absolute Gasteiger partial charge is 0.490 e. The molecule has 1 aromatic rings. The summed E-state index contributed by atoms with van der Waals surface area (Å²) in [6.07, 6.45) is 0.207. The highest BCUT2D eigenvalue weighted by molar-refractivity contribution is 6.19. The molecule has 5 heteroatoms. The van der Waals surface area contributed by atoms with Gasteiger partial charge in [-0.1, -0.05) is 23.7 Å². The van der Waals surface area contributed by atoms with Crippen molar-refractivity contribution < 1.29 is 14.6 Å². The van der Waals surface area contributed by atoms with E-state index >= 15 is 0 Å². The van der Waals surface area contributed by atoms with Crippen LogP contribution in [0.15, 0.2) is 24.3 Å². The minimum Gasteiger partial charge on any atom is -0.490 e. The van der Waals surface area contributed by atoms with Gasteiger partial charge in [-0.15, -0.1) is 0 Å². The molecular formula is C10H12ClNO3. The molecule has 0 radical (unpaired) electrons. The highest BCUT2D eigenvalue weighted by atomic mass is 35.5. The molecule has 0 aliphatic heterocycles. The zero-order chi connectivity index (χ0) is 11.3. The minimum absolute atomic E-state index is 0.0245. The molecule has 4 nitrogen and oxygen atoms in total. The smallest absolute Gasteiger partial charge is 0.221 e. The summed E-state index contributed by atoms with van der Waals surface area (Å²) >= 11 is 5.30. The molecule has 0 saturated carbocycles. The van der Waals surface area contributed by atoms with Crippen LogP contribution in [0.4, 0.5) is 0 Å². The lowest BCUT2D eigenvalue weighted by Crippen LogP contribution is -2.13. The number of ether oxygens (including phenoxy) is 1. The van der Waals surface area contributed by atoms with E-state index in [0.29, 0.717) is 5.75 Å². The highest BCUT2D eigenvalue weighted by Crippen LogP contribution is 2.13. The number of carbonyl (C=O) groups is 1. The Bertz CT molecular complexity index is 324. The fourth-order valence-electron chi connectivity index (χ4n) is 1.07. The van der Waals surface area contributed by atoms with Gasteiger partial charge < -0.3 is 15.6 Å². The zero-order valence-electron chi connectivity index (χ0n) is 8.02. The molecule has 1 aromatic carbocycles. The van der Waals surface area contributed by atoms with E-state index in [9.17, 15) is 4.79 Å². The second-order valence-corrected chi connectivity index (χ2v) is 3.54. The molecule has 0 heterocycles. The van der Waals surface area contributed by atoms with Crippen LogP contribution in [0.1, 0.15) is 5.56 Å². The van der Waals surface area contributed by atoms with Gasteiger partial charge in [-0.05, 0) is 17.7 Å². The Labute approximate surface area is 92.6 Å². The van der Waals surface area contributed by atoms with Crippen LogP contribution in [0, 0.1) is 0 Å². The van der Waals surface area contributed by atoms with Gasteiger partial charge in [0, 0.05) is 0 Å². The Morgan fingerprint density at radius 3 is 2.53 bits per heavy atom. The Hall–Kier alpha value is -1.26. The van der Waals surface area contributed by atoms with Crippen molar-refractivity contribution in [1.29, 1.82) is 0 Å². The summed E-state index contributed by atoms with van der Waals surface area (Å²) in [6, 6.07) is 6.86. The van der Waals surface area contributed by atoms with Crippen LogP contribution in [0.3, 0.4) is 0 Å². The normalized spacial score (nSPS) is 12.1. The van der Waals surface area contributed by atoms with Gasteiger partial charge in [-0.3, -0.25) is 4.79 Å². The first-order valence-corrected chi connectivity index (χ1v) is 4.84. The molecule has 0 aliphatic rings. The molecule has 0 aliphatic carbocycles. The van der Waals surface area contributed by atoms with Crippen LogP contribution >= 0.6 is 11.6 Å². The van der Waals surface area contributed by atoms with E-state index in [1.54, 1.807) is 24.3 Å². The average molecular weight is 230 g/mol. The highest BCUT2D eigenvalue weighted by Gasteiger charge is 2.01. The molecule has 3 N–H and O–H groups in total. The molecule has 0 saturated heterocycles. The molecule has 0 spiro atoms. The molecule has 1 unspecified atom stereocenters. The van der Waals surface area contributed by atoms with Gasteiger partial charge in [0.25, 0.3) is 0 Å².